The van der Waals surface area contributed by atoms with E-state index >= 15 is 0 Å². The molecule has 1 atom stereocenters. The van der Waals surface area contributed by atoms with Gasteiger partial charge in [0.2, 0.25) is 5.91 Å². The molecule has 2 aromatic heterocycles. The fraction of sp³-hybridized carbons (Fsp3) is 0.333. The van der Waals surface area contributed by atoms with Gasteiger partial charge in [-0.3, -0.25) is 4.79 Å². The standard InChI is InChI=1S/C21H24N4O/c26-21(14-16-4-3-11-22-12-10-16)23-18-8-6-17(7-9-18)19-15-25-13-2-1-5-20(25)24-19/h1-2,5-9,13,15-16,22H,3-4,10-12,14H2,(H,23,26). The zero-order valence-corrected chi connectivity index (χ0v) is 14.8. The van der Waals surface area contributed by atoms with Crippen LogP contribution in [0.25, 0.3) is 16.9 Å². The Labute approximate surface area is 153 Å². The average Bonchev–Trinajstić information content (AvgIpc) is 2.93. The van der Waals surface area contributed by atoms with E-state index in [2.05, 4.69) is 15.6 Å². The number of pyridine rings is 1. The quantitative estimate of drug-likeness (QED) is 0.755. The van der Waals surface area contributed by atoms with Gasteiger partial charge in [0.15, 0.2) is 0 Å². The molecule has 26 heavy (non-hydrogen) atoms. The van der Waals surface area contributed by atoms with Crippen molar-refractivity contribution in [3.63, 3.8) is 0 Å². The SMILES string of the molecule is O=C(CC1CCCNCC1)Nc1ccc(-c2cn3ccccc3n2)cc1. The lowest BCUT2D eigenvalue weighted by Crippen LogP contribution is -2.18. The van der Waals surface area contributed by atoms with Crippen LogP contribution in [0.15, 0.2) is 54.9 Å². The van der Waals surface area contributed by atoms with Gasteiger partial charge in [0.1, 0.15) is 5.65 Å². The average molecular weight is 348 g/mol. The minimum Gasteiger partial charge on any atom is -0.326 e. The summed E-state index contributed by atoms with van der Waals surface area (Å²) in [4.78, 5) is 16.9. The van der Waals surface area contributed by atoms with Crippen molar-refractivity contribution >= 4 is 17.2 Å². The molecule has 1 aliphatic rings. The normalized spacial score (nSPS) is 17.8. The molecule has 0 radical (unpaired) electrons. The Bertz CT molecular complexity index is 843. The summed E-state index contributed by atoms with van der Waals surface area (Å²) in [5, 5.41) is 6.42. The summed E-state index contributed by atoms with van der Waals surface area (Å²) >= 11 is 0. The fourth-order valence-electron chi connectivity index (χ4n) is 3.57. The van der Waals surface area contributed by atoms with E-state index in [1.807, 2.05) is 59.3 Å². The molecule has 5 heteroatoms. The molecule has 1 unspecified atom stereocenters. The van der Waals surface area contributed by atoms with Crippen LogP contribution in [0.4, 0.5) is 5.69 Å². The van der Waals surface area contributed by atoms with Gasteiger partial charge in [-0.15, -0.1) is 0 Å². The van der Waals surface area contributed by atoms with Crippen molar-refractivity contribution < 1.29 is 4.79 Å². The Morgan fingerprint density at radius 3 is 2.88 bits per heavy atom. The molecule has 2 N–H and O–H groups in total. The Morgan fingerprint density at radius 1 is 1.15 bits per heavy atom. The molecule has 3 heterocycles. The van der Waals surface area contributed by atoms with Crippen molar-refractivity contribution in [2.24, 2.45) is 5.92 Å². The molecule has 3 aromatic rings. The van der Waals surface area contributed by atoms with E-state index < -0.39 is 0 Å². The highest BCUT2D eigenvalue weighted by Crippen LogP contribution is 2.22. The van der Waals surface area contributed by atoms with Crippen LogP contribution in [0.5, 0.6) is 0 Å². The Kier molecular flexibility index (Phi) is 4.97. The number of hydrogen-bond acceptors (Lipinski definition) is 3. The maximum atomic E-state index is 12.3. The van der Waals surface area contributed by atoms with E-state index in [-0.39, 0.29) is 5.91 Å². The van der Waals surface area contributed by atoms with Crippen LogP contribution in [-0.4, -0.2) is 28.4 Å². The van der Waals surface area contributed by atoms with Crippen LogP contribution in [0.1, 0.15) is 25.7 Å². The molecule has 1 aromatic carbocycles. The maximum Gasteiger partial charge on any atom is 0.224 e. The molecule has 0 bridgehead atoms. The van der Waals surface area contributed by atoms with Crippen molar-refractivity contribution in [2.45, 2.75) is 25.7 Å². The highest BCUT2D eigenvalue weighted by Gasteiger charge is 2.16. The molecule has 0 saturated carbocycles. The zero-order valence-electron chi connectivity index (χ0n) is 14.8. The number of aromatic nitrogens is 2. The minimum absolute atomic E-state index is 0.109. The largest absolute Gasteiger partial charge is 0.326 e. The number of fused-ring (bicyclic) bond motifs is 1. The number of rotatable bonds is 4. The summed E-state index contributed by atoms with van der Waals surface area (Å²) in [7, 11) is 0. The van der Waals surface area contributed by atoms with Gasteiger partial charge in [-0.2, -0.15) is 0 Å². The molecule has 134 valence electrons. The third kappa shape index (κ3) is 3.94. The van der Waals surface area contributed by atoms with Gasteiger partial charge in [-0.05, 0) is 62.5 Å². The summed E-state index contributed by atoms with van der Waals surface area (Å²) in [6.07, 6.45) is 7.99. The first-order valence-electron chi connectivity index (χ1n) is 9.33. The van der Waals surface area contributed by atoms with Gasteiger partial charge in [-0.25, -0.2) is 4.98 Å². The topological polar surface area (TPSA) is 58.4 Å². The van der Waals surface area contributed by atoms with Crippen LogP contribution in [0, 0.1) is 5.92 Å². The van der Waals surface area contributed by atoms with Crippen molar-refractivity contribution in [3.8, 4) is 11.3 Å². The van der Waals surface area contributed by atoms with Gasteiger partial charge in [0.05, 0.1) is 5.69 Å². The molecular formula is C21H24N4O. The molecule has 0 aliphatic carbocycles. The number of imidazole rings is 1. The Morgan fingerprint density at radius 2 is 2.04 bits per heavy atom. The van der Waals surface area contributed by atoms with E-state index in [9.17, 15) is 4.79 Å². The third-order valence-electron chi connectivity index (χ3n) is 5.00. The summed E-state index contributed by atoms with van der Waals surface area (Å²) in [6.45, 7) is 2.09. The van der Waals surface area contributed by atoms with Crippen molar-refractivity contribution in [1.82, 2.24) is 14.7 Å². The van der Waals surface area contributed by atoms with Crippen LogP contribution in [0.3, 0.4) is 0 Å². The predicted octanol–water partition coefficient (Wildman–Crippen LogP) is 3.72. The predicted molar refractivity (Wildman–Crippen MR) is 104 cm³/mol. The first-order chi connectivity index (χ1) is 12.8. The van der Waals surface area contributed by atoms with E-state index in [0.29, 0.717) is 12.3 Å². The summed E-state index contributed by atoms with van der Waals surface area (Å²) in [6, 6.07) is 13.9. The van der Waals surface area contributed by atoms with Crippen LogP contribution >= 0.6 is 0 Å². The highest BCUT2D eigenvalue weighted by molar-refractivity contribution is 5.91. The number of carbonyl (C=O) groups excluding carboxylic acids is 1. The van der Waals surface area contributed by atoms with Crippen molar-refractivity contribution in [2.75, 3.05) is 18.4 Å². The molecule has 5 nitrogen and oxygen atoms in total. The summed E-state index contributed by atoms with van der Waals surface area (Å²) in [5.41, 5.74) is 3.74. The molecule has 4 rings (SSSR count). The minimum atomic E-state index is 0.109. The number of nitrogens with zero attached hydrogens (tertiary/aromatic N) is 2. The Balaban J connectivity index is 1.40. The lowest BCUT2D eigenvalue weighted by atomic mass is 9.96. The third-order valence-corrected chi connectivity index (χ3v) is 5.00. The maximum absolute atomic E-state index is 12.3. The Hall–Kier alpha value is -2.66. The molecular weight excluding hydrogens is 324 g/mol. The van der Waals surface area contributed by atoms with Gasteiger partial charge in [0.25, 0.3) is 0 Å². The second-order valence-electron chi connectivity index (χ2n) is 6.97. The first kappa shape index (κ1) is 16.8. The monoisotopic (exact) mass is 348 g/mol. The number of carbonyl (C=O) groups is 1. The highest BCUT2D eigenvalue weighted by atomic mass is 16.1. The van der Waals surface area contributed by atoms with E-state index in [1.54, 1.807) is 0 Å². The molecule has 1 saturated heterocycles. The second kappa shape index (κ2) is 7.70. The lowest BCUT2D eigenvalue weighted by Gasteiger charge is -2.13. The van der Waals surface area contributed by atoms with E-state index in [1.165, 1.54) is 0 Å². The van der Waals surface area contributed by atoms with Crippen LogP contribution in [-0.2, 0) is 4.79 Å². The molecule has 1 amide bonds. The second-order valence-corrected chi connectivity index (χ2v) is 6.97. The van der Waals surface area contributed by atoms with Crippen molar-refractivity contribution in [1.29, 1.82) is 0 Å². The molecule has 1 fully saturated rings. The molecule has 1 aliphatic heterocycles. The lowest BCUT2D eigenvalue weighted by molar-refractivity contribution is -0.117. The van der Waals surface area contributed by atoms with Crippen LogP contribution in [0.2, 0.25) is 0 Å². The molecule has 0 spiro atoms. The number of anilines is 1. The van der Waals surface area contributed by atoms with Gasteiger partial charge >= 0.3 is 0 Å². The van der Waals surface area contributed by atoms with E-state index in [0.717, 1.165) is 54.9 Å². The van der Waals surface area contributed by atoms with Crippen LogP contribution < -0.4 is 10.6 Å². The number of hydrogen-bond donors (Lipinski definition) is 2. The number of benzene rings is 1. The fourth-order valence-corrected chi connectivity index (χ4v) is 3.57. The smallest absolute Gasteiger partial charge is 0.224 e. The van der Waals surface area contributed by atoms with Gasteiger partial charge in [0, 0.05) is 30.1 Å². The van der Waals surface area contributed by atoms with Gasteiger partial charge < -0.3 is 15.0 Å². The van der Waals surface area contributed by atoms with E-state index in [4.69, 9.17) is 0 Å². The van der Waals surface area contributed by atoms with Gasteiger partial charge in [-0.1, -0.05) is 18.2 Å². The summed E-state index contributed by atoms with van der Waals surface area (Å²) in [5.74, 6) is 0.597. The number of nitrogens with one attached hydrogen (secondary N) is 2. The summed E-state index contributed by atoms with van der Waals surface area (Å²) < 4.78 is 2.01. The zero-order chi connectivity index (χ0) is 17.8. The van der Waals surface area contributed by atoms with Crippen molar-refractivity contribution in [3.05, 3.63) is 54.9 Å². The number of amides is 1. The first-order valence-corrected chi connectivity index (χ1v) is 9.33.